The highest BCUT2D eigenvalue weighted by Crippen LogP contribution is 2.20. The second-order valence-electron chi connectivity index (χ2n) is 5.68. The number of rotatable bonds is 9. The van der Waals surface area contributed by atoms with Crippen molar-refractivity contribution in [2.24, 2.45) is 5.73 Å². The van der Waals surface area contributed by atoms with Crippen molar-refractivity contribution in [1.29, 1.82) is 0 Å². The molecule has 7 heteroatoms. The third-order valence-electron chi connectivity index (χ3n) is 3.97. The predicted octanol–water partition coefficient (Wildman–Crippen LogP) is 1.19. The molecule has 1 heterocycles. The lowest BCUT2D eigenvalue weighted by molar-refractivity contribution is -0.143. The number of carbonyl (C=O) groups excluding carboxylic acids is 1. The van der Waals surface area contributed by atoms with Crippen LogP contribution in [0.3, 0.4) is 0 Å². The van der Waals surface area contributed by atoms with Crippen LogP contribution in [-0.2, 0) is 14.3 Å². The van der Waals surface area contributed by atoms with Crippen molar-refractivity contribution in [3.05, 3.63) is 30.1 Å². The van der Waals surface area contributed by atoms with E-state index >= 15 is 0 Å². The van der Waals surface area contributed by atoms with E-state index in [0.29, 0.717) is 45.0 Å². The van der Waals surface area contributed by atoms with Crippen LogP contribution in [0, 0.1) is 5.82 Å². The monoisotopic (exact) mass is 340 g/mol. The summed E-state index contributed by atoms with van der Waals surface area (Å²) in [5.74, 6) is 0.189. The van der Waals surface area contributed by atoms with Gasteiger partial charge in [-0.05, 0) is 37.1 Å². The van der Waals surface area contributed by atoms with Gasteiger partial charge in [0.2, 0.25) is 0 Å². The number of hydrogen-bond donors (Lipinski definition) is 1. The fraction of sp³-hybridized carbons (Fsp3) is 0.588. The fourth-order valence-electron chi connectivity index (χ4n) is 2.60. The van der Waals surface area contributed by atoms with Gasteiger partial charge >= 0.3 is 0 Å². The lowest BCUT2D eigenvalue weighted by Crippen LogP contribution is -2.43. The van der Waals surface area contributed by atoms with Crippen molar-refractivity contribution in [1.82, 2.24) is 4.90 Å². The van der Waals surface area contributed by atoms with Crippen LogP contribution in [0.25, 0.3) is 0 Å². The third kappa shape index (κ3) is 5.43. The summed E-state index contributed by atoms with van der Waals surface area (Å²) in [7, 11) is 1.59. The van der Waals surface area contributed by atoms with Crippen molar-refractivity contribution >= 4 is 5.91 Å². The number of carbonyl (C=O) groups is 1. The Morgan fingerprint density at radius 2 is 2.00 bits per heavy atom. The highest BCUT2D eigenvalue weighted by molar-refractivity contribution is 5.81. The van der Waals surface area contributed by atoms with Gasteiger partial charge in [0.15, 0.2) is 0 Å². The molecule has 0 spiro atoms. The molecular formula is C17H25FN2O4. The standard InChI is InChI=1S/C17H25FN2O4/c1-22-10-8-20(17(21)16-7-6-15(12-19)24-16)9-11-23-14-4-2-13(18)3-5-14/h2-5,15-16H,6-12,19H2,1H3/t15-,16+/m1/s1. The zero-order valence-electron chi connectivity index (χ0n) is 13.9. The number of nitrogens with two attached hydrogens (primary N) is 1. The fourth-order valence-corrected chi connectivity index (χ4v) is 2.60. The Morgan fingerprint density at radius 3 is 2.62 bits per heavy atom. The molecule has 6 nitrogen and oxygen atoms in total. The third-order valence-corrected chi connectivity index (χ3v) is 3.97. The Kier molecular flexibility index (Phi) is 7.42. The van der Waals surface area contributed by atoms with Crippen molar-refractivity contribution in [3.63, 3.8) is 0 Å². The van der Waals surface area contributed by atoms with E-state index in [2.05, 4.69) is 0 Å². The number of amides is 1. The SMILES string of the molecule is COCCN(CCOc1ccc(F)cc1)C(=O)[C@@H]1CC[C@H](CN)O1. The number of benzene rings is 1. The van der Waals surface area contributed by atoms with Gasteiger partial charge < -0.3 is 24.8 Å². The van der Waals surface area contributed by atoms with Crippen LogP contribution in [0.15, 0.2) is 24.3 Å². The molecular weight excluding hydrogens is 315 g/mol. The summed E-state index contributed by atoms with van der Waals surface area (Å²) in [5, 5.41) is 0. The quantitative estimate of drug-likeness (QED) is 0.731. The molecule has 134 valence electrons. The predicted molar refractivity (Wildman–Crippen MR) is 87.3 cm³/mol. The number of methoxy groups -OCH3 is 1. The molecule has 0 unspecified atom stereocenters. The summed E-state index contributed by atoms with van der Waals surface area (Å²) in [6.07, 6.45) is 1.00. The molecule has 1 aromatic rings. The maximum atomic E-state index is 12.9. The first-order valence-corrected chi connectivity index (χ1v) is 8.15. The number of hydrogen-bond acceptors (Lipinski definition) is 5. The second-order valence-corrected chi connectivity index (χ2v) is 5.68. The Labute approximate surface area is 141 Å². The van der Waals surface area contributed by atoms with Crippen LogP contribution >= 0.6 is 0 Å². The minimum atomic E-state index is -0.443. The molecule has 0 bridgehead atoms. The van der Waals surface area contributed by atoms with Gasteiger partial charge in [-0.3, -0.25) is 4.79 Å². The first-order valence-electron chi connectivity index (χ1n) is 8.15. The molecule has 0 aromatic heterocycles. The summed E-state index contributed by atoms with van der Waals surface area (Å²) in [6.45, 7) is 2.06. The van der Waals surface area contributed by atoms with Gasteiger partial charge in [-0.15, -0.1) is 0 Å². The maximum absolute atomic E-state index is 12.9. The number of nitrogens with zero attached hydrogens (tertiary/aromatic N) is 1. The first-order chi connectivity index (χ1) is 11.6. The van der Waals surface area contributed by atoms with Gasteiger partial charge in [0.25, 0.3) is 5.91 Å². The van der Waals surface area contributed by atoms with Crippen LogP contribution in [0.4, 0.5) is 4.39 Å². The molecule has 1 aliphatic rings. The zero-order valence-corrected chi connectivity index (χ0v) is 13.9. The van der Waals surface area contributed by atoms with Crippen molar-refractivity contribution < 1.29 is 23.4 Å². The van der Waals surface area contributed by atoms with Crippen molar-refractivity contribution in [2.75, 3.05) is 40.0 Å². The molecule has 0 aliphatic carbocycles. The largest absolute Gasteiger partial charge is 0.492 e. The van der Waals surface area contributed by atoms with E-state index in [1.54, 1.807) is 24.1 Å². The van der Waals surface area contributed by atoms with Crippen LogP contribution in [0.5, 0.6) is 5.75 Å². The lowest BCUT2D eigenvalue weighted by Gasteiger charge is -2.25. The smallest absolute Gasteiger partial charge is 0.251 e. The molecule has 1 aromatic carbocycles. The highest BCUT2D eigenvalue weighted by atomic mass is 19.1. The van der Waals surface area contributed by atoms with E-state index in [9.17, 15) is 9.18 Å². The summed E-state index contributed by atoms with van der Waals surface area (Å²) < 4.78 is 29.2. The Bertz CT molecular complexity index is 512. The molecule has 2 rings (SSSR count). The molecule has 1 fully saturated rings. The maximum Gasteiger partial charge on any atom is 0.251 e. The summed E-state index contributed by atoms with van der Waals surface area (Å²) in [4.78, 5) is 14.3. The molecule has 0 radical (unpaired) electrons. The van der Waals surface area contributed by atoms with Crippen LogP contribution in [0.1, 0.15) is 12.8 Å². The van der Waals surface area contributed by atoms with Gasteiger partial charge in [-0.1, -0.05) is 0 Å². The molecule has 1 saturated heterocycles. The zero-order chi connectivity index (χ0) is 17.4. The van der Waals surface area contributed by atoms with Crippen LogP contribution in [-0.4, -0.2) is 63.0 Å². The van der Waals surface area contributed by atoms with E-state index in [-0.39, 0.29) is 17.8 Å². The normalized spacial score (nSPS) is 20.1. The highest BCUT2D eigenvalue weighted by Gasteiger charge is 2.32. The van der Waals surface area contributed by atoms with Gasteiger partial charge in [-0.25, -0.2) is 4.39 Å². The van der Waals surface area contributed by atoms with Gasteiger partial charge in [0.05, 0.1) is 19.3 Å². The lowest BCUT2D eigenvalue weighted by atomic mass is 10.2. The molecule has 1 amide bonds. The minimum Gasteiger partial charge on any atom is -0.492 e. The summed E-state index contributed by atoms with van der Waals surface area (Å²) >= 11 is 0. The Balaban J connectivity index is 1.85. The summed E-state index contributed by atoms with van der Waals surface area (Å²) in [5.41, 5.74) is 5.59. The average molecular weight is 340 g/mol. The first kappa shape index (κ1) is 18.6. The van der Waals surface area contributed by atoms with Gasteiger partial charge in [0, 0.05) is 20.2 Å². The van der Waals surface area contributed by atoms with Crippen molar-refractivity contribution in [2.45, 2.75) is 25.0 Å². The van der Waals surface area contributed by atoms with E-state index in [0.717, 1.165) is 6.42 Å². The van der Waals surface area contributed by atoms with E-state index < -0.39 is 6.10 Å². The Morgan fingerprint density at radius 1 is 1.29 bits per heavy atom. The van der Waals surface area contributed by atoms with E-state index in [4.69, 9.17) is 19.9 Å². The van der Waals surface area contributed by atoms with Crippen molar-refractivity contribution in [3.8, 4) is 5.75 Å². The molecule has 0 saturated carbocycles. The number of halogens is 1. The van der Waals surface area contributed by atoms with Crippen LogP contribution in [0.2, 0.25) is 0 Å². The number of ether oxygens (including phenoxy) is 3. The minimum absolute atomic E-state index is 0.0429. The molecule has 2 N–H and O–H groups in total. The summed E-state index contributed by atoms with van der Waals surface area (Å²) in [6, 6.07) is 5.79. The van der Waals surface area contributed by atoms with Gasteiger partial charge in [-0.2, -0.15) is 0 Å². The molecule has 2 atom stereocenters. The van der Waals surface area contributed by atoms with E-state index in [1.165, 1.54) is 12.1 Å². The average Bonchev–Trinajstić information content (AvgIpc) is 3.08. The van der Waals surface area contributed by atoms with Crippen LogP contribution < -0.4 is 10.5 Å². The van der Waals surface area contributed by atoms with Gasteiger partial charge in [0.1, 0.15) is 24.3 Å². The molecule has 1 aliphatic heterocycles. The molecule has 24 heavy (non-hydrogen) atoms. The Hall–Kier alpha value is -1.70. The topological polar surface area (TPSA) is 74.0 Å². The van der Waals surface area contributed by atoms with E-state index in [1.807, 2.05) is 0 Å². The second kappa shape index (κ2) is 9.56.